The average molecular weight is 436 g/mol. The van der Waals surface area contributed by atoms with Gasteiger partial charge in [0.05, 0.1) is 0 Å². The zero-order valence-corrected chi connectivity index (χ0v) is 18.5. The summed E-state index contributed by atoms with van der Waals surface area (Å²) in [6.07, 6.45) is 0. The SMILES string of the molecule is CC(C)(C)c1ccc(C(=O)NC(=S)NNC(=O)COc2ccc3ccccc3c2)cc1. The molecule has 160 valence electrons. The Morgan fingerprint density at radius 1 is 0.903 bits per heavy atom. The van der Waals surface area contributed by atoms with Crippen LogP contribution in [-0.4, -0.2) is 23.5 Å². The van der Waals surface area contributed by atoms with Gasteiger partial charge in [-0.05, 0) is 58.2 Å². The zero-order chi connectivity index (χ0) is 22.4. The lowest BCUT2D eigenvalue weighted by Gasteiger charge is -2.19. The molecule has 0 aliphatic rings. The van der Waals surface area contributed by atoms with Crippen LogP contribution in [0.15, 0.2) is 66.7 Å². The molecule has 7 heteroatoms. The first-order valence-corrected chi connectivity index (χ1v) is 10.3. The van der Waals surface area contributed by atoms with Gasteiger partial charge >= 0.3 is 0 Å². The van der Waals surface area contributed by atoms with Crippen molar-refractivity contribution in [2.75, 3.05) is 6.61 Å². The number of fused-ring (bicyclic) bond motifs is 1. The van der Waals surface area contributed by atoms with E-state index in [9.17, 15) is 9.59 Å². The van der Waals surface area contributed by atoms with Crippen molar-refractivity contribution in [1.82, 2.24) is 16.2 Å². The minimum Gasteiger partial charge on any atom is -0.484 e. The molecule has 31 heavy (non-hydrogen) atoms. The fraction of sp³-hybridized carbons (Fsp3) is 0.208. The Morgan fingerprint density at radius 2 is 1.58 bits per heavy atom. The predicted molar refractivity (Wildman–Crippen MR) is 126 cm³/mol. The quantitative estimate of drug-likeness (QED) is 0.429. The molecular formula is C24H25N3O3S. The van der Waals surface area contributed by atoms with Crippen molar-refractivity contribution in [3.8, 4) is 5.75 Å². The lowest BCUT2D eigenvalue weighted by molar-refractivity contribution is -0.123. The van der Waals surface area contributed by atoms with Gasteiger partial charge in [0.25, 0.3) is 11.8 Å². The number of nitrogens with one attached hydrogen (secondary N) is 3. The van der Waals surface area contributed by atoms with E-state index in [1.54, 1.807) is 18.2 Å². The maximum Gasteiger partial charge on any atom is 0.276 e. The van der Waals surface area contributed by atoms with Crippen LogP contribution in [0.2, 0.25) is 0 Å². The van der Waals surface area contributed by atoms with E-state index in [0.717, 1.165) is 16.3 Å². The normalized spacial score (nSPS) is 10.9. The van der Waals surface area contributed by atoms with Crippen molar-refractivity contribution in [3.05, 3.63) is 77.9 Å². The highest BCUT2D eigenvalue weighted by atomic mass is 32.1. The third kappa shape index (κ3) is 6.26. The number of amides is 2. The van der Waals surface area contributed by atoms with E-state index in [2.05, 4.69) is 36.9 Å². The molecule has 0 atom stereocenters. The maximum absolute atomic E-state index is 12.3. The summed E-state index contributed by atoms with van der Waals surface area (Å²) in [5, 5.41) is 4.64. The van der Waals surface area contributed by atoms with E-state index in [0.29, 0.717) is 11.3 Å². The van der Waals surface area contributed by atoms with Gasteiger partial charge in [-0.25, -0.2) is 0 Å². The highest BCUT2D eigenvalue weighted by Gasteiger charge is 2.15. The van der Waals surface area contributed by atoms with Crippen molar-refractivity contribution in [2.24, 2.45) is 0 Å². The summed E-state index contributed by atoms with van der Waals surface area (Å²) < 4.78 is 5.51. The third-order valence-electron chi connectivity index (χ3n) is 4.65. The Kier molecular flexibility index (Phi) is 6.87. The molecule has 0 heterocycles. The van der Waals surface area contributed by atoms with Crippen molar-refractivity contribution in [2.45, 2.75) is 26.2 Å². The second-order valence-corrected chi connectivity index (χ2v) is 8.49. The van der Waals surface area contributed by atoms with Crippen molar-refractivity contribution >= 4 is 39.9 Å². The molecule has 0 unspecified atom stereocenters. The molecule has 0 aromatic heterocycles. The van der Waals surface area contributed by atoms with Crippen LogP contribution >= 0.6 is 12.2 Å². The first-order valence-electron chi connectivity index (χ1n) is 9.85. The molecule has 3 rings (SSSR count). The second-order valence-electron chi connectivity index (χ2n) is 8.08. The van der Waals surface area contributed by atoms with Gasteiger partial charge in [-0.2, -0.15) is 0 Å². The highest BCUT2D eigenvalue weighted by Crippen LogP contribution is 2.22. The summed E-state index contributed by atoms with van der Waals surface area (Å²) in [7, 11) is 0. The smallest absolute Gasteiger partial charge is 0.276 e. The molecule has 0 saturated heterocycles. The molecule has 3 aromatic carbocycles. The Hall–Kier alpha value is -3.45. The summed E-state index contributed by atoms with van der Waals surface area (Å²) in [5.41, 5.74) is 6.52. The van der Waals surface area contributed by atoms with E-state index < -0.39 is 5.91 Å². The Balaban J connectivity index is 1.44. The van der Waals surface area contributed by atoms with Crippen LogP contribution in [0.1, 0.15) is 36.7 Å². The van der Waals surface area contributed by atoms with Gasteiger partial charge in [0.1, 0.15) is 5.75 Å². The summed E-state index contributed by atoms with van der Waals surface area (Å²) in [6.45, 7) is 6.12. The largest absolute Gasteiger partial charge is 0.484 e. The van der Waals surface area contributed by atoms with Crippen LogP contribution in [0, 0.1) is 0 Å². The number of benzene rings is 3. The van der Waals surface area contributed by atoms with E-state index in [-0.39, 0.29) is 23.0 Å². The van der Waals surface area contributed by atoms with Gasteiger partial charge < -0.3 is 4.74 Å². The topological polar surface area (TPSA) is 79.5 Å². The molecule has 0 fully saturated rings. The molecular weight excluding hydrogens is 410 g/mol. The Bertz CT molecular complexity index is 1110. The Morgan fingerprint density at radius 3 is 2.26 bits per heavy atom. The minimum absolute atomic E-state index is 0.00502. The third-order valence-corrected chi connectivity index (χ3v) is 4.85. The van der Waals surface area contributed by atoms with Crippen LogP contribution < -0.4 is 20.9 Å². The number of hydrogen-bond acceptors (Lipinski definition) is 4. The van der Waals surface area contributed by atoms with Crippen LogP contribution in [0.3, 0.4) is 0 Å². The average Bonchev–Trinajstić information content (AvgIpc) is 2.75. The van der Waals surface area contributed by atoms with Gasteiger partial charge in [-0.15, -0.1) is 0 Å². The van der Waals surface area contributed by atoms with Crippen LogP contribution in [-0.2, 0) is 10.2 Å². The maximum atomic E-state index is 12.3. The van der Waals surface area contributed by atoms with Crippen LogP contribution in [0.5, 0.6) is 5.75 Å². The number of rotatable bonds is 4. The van der Waals surface area contributed by atoms with Gasteiger partial charge in [-0.3, -0.25) is 25.8 Å². The first kappa shape index (κ1) is 22.2. The Labute approximate surface area is 187 Å². The number of hydrogen-bond donors (Lipinski definition) is 3. The molecule has 6 nitrogen and oxygen atoms in total. The number of carbonyl (C=O) groups is 2. The monoisotopic (exact) mass is 435 g/mol. The lowest BCUT2D eigenvalue weighted by atomic mass is 9.87. The van der Waals surface area contributed by atoms with Crippen molar-refractivity contribution in [3.63, 3.8) is 0 Å². The molecule has 0 aliphatic heterocycles. The fourth-order valence-electron chi connectivity index (χ4n) is 2.90. The summed E-state index contributed by atoms with van der Waals surface area (Å²) in [6, 6.07) is 20.8. The number of carbonyl (C=O) groups excluding carboxylic acids is 2. The number of ether oxygens (including phenoxy) is 1. The van der Waals surface area contributed by atoms with Crippen LogP contribution in [0.4, 0.5) is 0 Å². The van der Waals surface area contributed by atoms with E-state index >= 15 is 0 Å². The second kappa shape index (κ2) is 9.57. The van der Waals surface area contributed by atoms with Crippen LogP contribution in [0.25, 0.3) is 10.8 Å². The highest BCUT2D eigenvalue weighted by molar-refractivity contribution is 7.80. The van der Waals surface area contributed by atoms with Gasteiger partial charge in [0.15, 0.2) is 11.7 Å². The zero-order valence-electron chi connectivity index (χ0n) is 17.7. The van der Waals surface area contributed by atoms with Gasteiger partial charge in [0, 0.05) is 5.56 Å². The molecule has 3 aromatic rings. The molecule has 0 radical (unpaired) electrons. The molecule has 0 bridgehead atoms. The van der Waals surface area contributed by atoms with Gasteiger partial charge in [0.2, 0.25) is 0 Å². The van der Waals surface area contributed by atoms with E-state index in [1.807, 2.05) is 48.5 Å². The molecule has 2 amide bonds. The summed E-state index contributed by atoms with van der Waals surface area (Å²) in [5.74, 6) is -0.206. The molecule has 0 saturated carbocycles. The van der Waals surface area contributed by atoms with E-state index in [1.165, 1.54) is 0 Å². The summed E-state index contributed by atoms with van der Waals surface area (Å²) >= 11 is 5.07. The first-order chi connectivity index (χ1) is 14.7. The lowest BCUT2D eigenvalue weighted by Crippen LogP contribution is -2.49. The van der Waals surface area contributed by atoms with E-state index in [4.69, 9.17) is 17.0 Å². The minimum atomic E-state index is -0.431. The van der Waals surface area contributed by atoms with Gasteiger partial charge in [-0.1, -0.05) is 63.2 Å². The molecule has 3 N–H and O–H groups in total. The van der Waals surface area contributed by atoms with Crippen molar-refractivity contribution < 1.29 is 14.3 Å². The number of hydrazine groups is 1. The summed E-state index contributed by atoms with van der Waals surface area (Å²) in [4.78, 5) is 24.3. The predicted octanol–water partition coefficient (Wildman–Crippen LogP) is 3.85. The van der Waals surface area contributed by atoms with Crippen molar-refractivity contribution in [1.29, 1.82) is 0 Å². The fourth-order valence-corrected chi connectivity index (χ4v) is 3.04. The standard InChI is InChI=1S/C24H25N3O3S/c1-24(2,3)19-11-8-17(9-12-19)22(29)25-23(31)27-26-21(28)15-30-20-13-10-16-6-4-5-7-18(16)14-20/h4-14H,15H2,1-3H3,(H,26,28)(H2,25,27,29,31). The number of thiocarbonyl (C=S) groups is 1. The molecule has 0 spiro atoms. The molecule has 0 aliphatic carbocycles.